The fourth-order valence-electron chi connectivity index (χ4n) is 1.21. The molecule has 116 valence electrons. The first-order chi connectivity index (χ1) is 9.24. The van der Waals surface area contributed by atoms with Crippen LogP contribution in [-0.4, -0.2) is 47.1 Å². The average Bonchev–Trinajstić information content (AvgIpc) is 2.41. The van der Waals surface area contributed by atoms with E-state index in [1.54, 1.807) is 6.92 Å². The van der Waals surface area contributed by atoms with Crippen LogP contribution in [0.3, 0.4) is 0 Å². The van der Waals surface area contributed by atoms with E-state index in [0.717, 1.165) is 5.01 Å². The molecule has 0 aliphatic heterocycles. The predicted octanol–water partition coefficient (Wildman–Crippen LogP) is -2.01. The van der Waals surface area contributed by atoms with Crippen LogP contribution in [0, 0.1) is 0 Å². The van der Waals surface area contributed by atoms with Crippen LogP contribution in [-0.2, 0) is 9.53 Å². The number of carbonyl (C=O) groups is 1. The number of nitrogens with zero attached hydrogens (tertiary/aromatic N) is 1. The molecular weight excluding hydrogens is 282 g/mol. The number of rotatable bonds is 9. The van der Waals surface area contributed by atoms with Crippen molar-refractivity contribution in [1.82, 2.24) is 5.01 Å². The van der Waals surface area contributed by atoms with Crippen molar-refractivity contribution in [3.8, 4) is 0 Å². The van der Waals surface area contributed by atoms with Crippen molar-refractivity contribution in [3.05, 3.63) is 23.7 Å². The summed E-state index contributed by atoms with van der Waals surface area (Å²) in [6.45, 7) is 4.65. The van der Waals surface area contributed by atoms with Gasteiger partial charge in [0, 0.05) is 11.4 Å². The van der Waals surface area contributed by atoms with E-state index >= 15 is 0 Å². The van der Waals surface area contributed by atoms with Gasteiger partial charge in [-0.2, -0.15) is 12.6 Å². The SMILES string of the molecule is C=C(N)/C(N)=C(\N)C(=O)CN(N)C(CS)OC(C)CO. The quantitative estimate of drug-likeness (QED) is 0.0713. The van der Waals surface area contributed by atoms with Gasteiger partial charge in [0.25, 0.3) is 0 Å². The van der Waals surface area contributed by atoms with E-state index in [4.69, 9.17) is 32.9 Å². The van der Waals surface area contributed by atoms with Crippen molar-refractivity contribution in [2.45, 2.75) is 19.3 Å². The monoisotopic (exact) mass is 305 g/mol. The van der Waals surface area contributed by atoms with Gasteiger partial charge in [0.15, 0.2) is 5.78 Å². The van der Waals surface area contributed by atoms with Gasteiger partial charge in [0.2, 0.25) is 0 Å². The smallest absolute Gasteiger partial charge is 0.196 e. The maximum atomic E-state index is 11.9. The summed E-state index contributed by atoms with van der Waals surface area (Å²) in [4.78, 5) is 11.9. The lowest BCUT2D eigenvalue weighted by molar-refractivity contribution is -0.126. The Balaban J connectivity index is 4.73. The molecule has 0 saturated carbocycles. The highest BCUT2D eigenvalue weighted by Gasteiger charge is 2.21. The molecule has 2 atom stereocenters. The Morgan fingerprint density at radius 3 is 2.35 bits per heavy atom. The summed E-state index contributed by atoms with van der Waals surface area (Å²) in [5.41, 5.74) is 16.2. The molecule has 9 heteroatoms. The van der Waals surface area contributed by atoms with Crippen LogP contribution in [0.4, 0.5) is 0 Å². The van der Waals surface area contributed by atoms with Gasteiger partial charge >= 0.3 is 0 Å². The standard InChI is InChI=1S/C11H23N5O3S/c1-6(4-17)19-9(5-20)16(15)3-8(18)11(14)10(13)7(2)12/h6,9,17,20H,2-5,12-15H2,1H3/b11-10+. The summed E-state index contributed by atoms with van der Waals surface area (Å²) in [6.07, 6.45) is -1.09. The molecule has 0 aromatic heterocycles. The Bertz CT molecular complexity index is 388. The zero-order valence-corrected chi connectivity index (χ0v) is 12.3. The maximum Gasteiger partial charge on any atom is 0.196 e. The number of nitrogens with two attached hydrogens (primary N) is 4. The van der Waals surface area contributed by atoms with E-state index in [9.17, 15) is 4.79 Å². The van der Waals surface area contributed by atoms with Crippen LogP contribution < -0.4 is 23.0 Å². The third-order valence-corrected chi connectivity index (χ3v) is 2.75. The van der Waals surface area contributed by atoms with E-state index in [0.29, 0.717) is 0 Å². The lowest BCUT2D eigenvalue weighted by Crippen LogP contribution is -2.49. The van der Waals surface area contributed by atoms with E-state index in [1.165, 1.54) is 0 Å². The number of hydrogen-bond acceptors (Lipinski definition) is 9. The summed E-state index contributed by atoms with van der Waals surface area (Å²) in [7, 11) is 0. The highest BCUT2D eigenvalue weighted by Crippen LogP contribution is 2.06. The molecule has 0 amide bonds. The van der Waals surface area contributed by atoms with Crippen LogP contribution in [0.15, 0.2) is 23.7 Å². The largest absolute Gasteiger partial charge is 0.397 e. The molecule has 0 radical (unpaired) electrons. The fraction of sp³-hybridized carbons (Fsp3) is 0.545. The Hall–Kier alpha value is -1.26. The van der Waals surface area contributed by atoms with Crippen molar-refractivity contribution in [2.24, 2.45) is 23.0 Å². The van der Waals surface area contributed by atoms with Crippen LogP contribution in [0.5, 0.6) is 0 Å². The first kappa shape index (κ1) is 18.7. The minimum Gasteiger partial charge on any atom is -0.397 e. The second-order valence-electron chi connectivity index (χ2n) is 4.21. The van der Waals surface area contributed by atoms with Crippen molar-refractivity contribution >= 4 is 18.4 Å². The Kier molecular flexibility index (Phi) is 8.26. The zero-order valence-electron chi connectivity index (χ0n) is 11.5. The highest BCUT2D eigenvalue weighted by molar-refractivity contribution is 7.80. The molecule has 0 saturated heterocycles. The fourth-order valence-corrected chi connectivity index (χ4v) is 1.51. The lowest BCUT2D eigenvalue weighted by Gasteiger charge is -2.28. The Labute approximate surface area is 123 Å². The number of ketones is 1. The number of aliphatic hydroxyl groups excluding tert-OH is 1. The molecule has 0 aliphatic carbocycles. The topological polar surface area (TPSA) is 154 Å². The van der Waals surface area contributed by atoms with Gasteiger partial charge < -0.3 is 27.0 Å². The van der Waals surface area contributed by atoms with Gasteiger partial charge in [-0.3, -0.25) is 10.6 Å². The van der Waals surface area contributed by atoms with Crippen LogP contribution in [0.2, 0.25) is 0 Å². The Morgan fingerprint density at radius 1 is 1.40 bits per heavy atom. The molecule has 9 N–H and O–H groups in total. The molecular formula is C11H23N5O3S. The first-order valence-electron chi connectivity index (χ1n) is 5.86. The highest BCUT2D eigenvalue weighted by atomic mass is 32.1. The van der Waals surface area contributed by atoms with Crippen molar-refractivity contribution in [1.29, 1.82) is 0 Å². The third-order valence-electron chi connectivity index (χ3n) is 2.44. The number of carbonyl (C=O) groups excluding carboxylic acids is 1. The van der Waals surface area contributed by atoms with Gasteiger partial charge in [-0.25, -0.2) is 5.01 Å². The van der Waals surface area contributed by atoms with Gasteiger partial charge in [-0.05, 0) is 6.92 Å². The van der Waals surface area contributed by atoms with Crippen molar-refractivity contribution < 1.29 is 14.6 Å². The maximum absolute atomic E-state index is 11.9. The predicted molar refractivity (Wildman–Crippen MR) is 79.9 cm³/mol. The van der Waals surface area contributed by atoms with Crippen LogP contribution in [0.1, 0.15) is 6.92 Å². The molecule has 0 rings (SSSR count). The normalized spacial score (nSPS) is 15.7. The van der Waals surface area contributed by atoms with E-state index in [-0.39, 0.29) is 36.0 Å². The van der Waals surface area contributed by atoms with E-state index in [1.807, 2.05) is 0 Å². The molecule has 0 spiro atoms. The molecule has 20 heavy (non-hydrogen) atoms. The minimum absolute atomic E-state index is 0.00955. The number of ether oxygens (including phenoxy) is 1. The van der Waals surface area contributed by atoms with Gasteiger partial charge in [-0.1, -0.05) is 6.58 Å². The third kappa shape index (κ3) is 5.80. The lowest BCUT2D eigenvalue weighted by atomic mass is 10.2. The van der Waals surface area contributed by atoms with Gasteiger partial charge in [0.05, 0.1) is 25.0 Å². The number of thiol groups is 1. The minimum atomic E-state index is -0.653. The van der Waals surface area contributed by atoms with E-state index < -0.39 is 18.1 Å². The molecule has 0 aliphatic rings. The molecule has 8 nitrogen and oxygen atoms in total. The molecule has 0 aromatic carbocycles. The van der Waals surface area contributed by atoms with Gasteiger partial charge in [0.1, 0.15) is 11.9 Å². The summed E-state index contributed by atoms with van der Waals surface area (Å²) >= 11 is 4.07. The van der Waals surface area contributed by atoms with Crippen LogP contribution >= 0.6 is 12.6 Å². The summed E-state index contributed by atoms with van der Waals surface area (Å²) in [6, 6.07) is 0. The second kappa shape index (κ2) is 8.82. The molecule has 0 aromatic rings. The van der Waals surface area contributed by atoms with Crippen molar-refractivity contribution in [2.75, 3.05) is 18.9 Å². The van der Waals surface area contributed by atoms with E-state index in [2.05, 4.69) is 19.2 Å². The number of hydrogen-bond donors (Lipinski definition) is 6. The zero-order chi connectivity index (χ0) is 15.9. The summed E-state index contributed by atoms with van der Waals surface area (Å²) in [5, 5.41) is 10.0. The van der Waals surface area contributed by atoms with Crippen molar-refractivity contribution in [3.63, 3.8) is 0 Å². The summed E-state index contributed by atoms with van der Waals surface area (Å²) < 4.78 is 5.39. The van der Waals surface area contributed by atoms with Gasteiger partial charge in [-0.15, -0.1) is 0 Å². The molecule has 2 unspecified atom stereocenters. The molecule has 0 heterocycles. The number of aliphatic hydroxyl groups is 1. The first-order valence-corrected chi connectivity index (χ1v) is 6.49. The number of hydrazine groups is 1. The Morgan fingerprint density at radius 2 is 1.95 bits per heavy atom. The average molecular weight is 305 g/mol. The molecule has 0 fully saturated rings. The number of Topliss-reactive ketones (excluding diaryl/α,β-unsaturated/α-hetero) is 1. The van der Waals surface area contributed by atoms with Crippen LogP contribution in [0.25, 0.3) is 0 Å². The molecule has 0 bridgehead atoms. The second-order valence-corrected chi connectivity index (χ2v) is 4.58. The summed E-state index contributed by atoms with van der Waals surface area (Å²) in [5.74, 6) is 5.45.